The third-order valence-electron chi connectivity index (χ3n) is 4.09. The van der Waals surface area contributed by atoms with Crippen molar-refractivity contribution in [3.8, 4) is 5.75 Å². The molecule has 0 aromatic heterocycles. The van der Waals surface area contributed by atoms with Gasteiger partial charge in [0, 0.05) is 4.90 Å². The minimum Gasteiger partial charge on any atom is -0.497 e. The Morgan fingerprint density at radius 2 is 1.78 bits per heavy atom. The van der Waals surface area contributed by atoms with Crippen molar-refractivity contribution < 1.29 is 28.3 Å². The standard InChI is InChI=1S/C16H22O6S/c1-9-13-14(22-16(2,3)21-13)12(17)15(20-9)23(18)11-7-5-10(19-4)6-8-11/h5-9,12-15,17H,1-4H3/t9-,12-,13+,14-,15-,23?/m0/s1. The number of benzene rings is 1. The number of fused-ring (bicyclic) bond motifs is 1. The summed E-state index contributed by atoms with van der Waals surface area (Å²) in [7, 11) is 0.0419. The summed E-state index contributed by atoms with van der Waals surface area (Å²) in [6.07, 6.45) is -2.27. The topological polar surface area (TPSA) is 74.2 Å². The number of aliphatic hydroxyl groups excluding tert-OH is 1. The predicted octanol–water partition coefficient (Wildman–Crippen LogP) is 1.43. The zero-order chi connectivity index (χ0) is 16.8. The Bertz CT molecular complexity index is 587. The first-order valence-corrected chi connectivity index (χ1v) is 8.77. The van der Waals surface area contributed by atoms with E-state index in [1.165, 1.54) is 0 Å². The second-order valence-corrected chi connectivity index (χ2v) is 7.77. The SMILES string of the molecule is COc1ccc(S(=O)[C@@H]2O[C@@H](C)[C@H]3OC(C)(C)O[C@H]3[C@@H]2O)cc1. The number of hydrogen-bond acceptors (Lipinski definition) is 6. The van der Waals surface area contributed by atoms with Crippen molar-refractivity contribution >= 4 is 10.8 Å². The van der Waals surface area contributed by atoms with Gasteiger partial charge in [-0.15, -0.1) is 0 Å². The molecule has 7 heteroatoms. The van der Waals surface area contributed by atoms with E-state index in [-0.39, 0.29) is 12.2 Å². The third kappa shape index (κ3) is 3.16. The Kier molecular flexibility index (Phi) is 4.50. The Balaban J connectivity index is 1.81. The largest absolute Gasteiger partial charge is 0.497 e. The smallest absolute Gasteiger partial charge is 0.165 e. The van der Waals surface area contributed by atoms with Gasteiger partial charge in [-0.3, -0.25) is 4.21 Å². The van der Waals surface area contributed by atoms with E-state index in [0.717, 1.165) is 0 Å². The summed E-state index contributed by atoms with van der Waals surface area (Å²) in [6, 6.07) is 6.87. The first kappa shape index (κ1) is 16.9. The fraction of sp³-hybridized carbons (Fsp3) is 0.625. The molecule has 1 aromatic rings. The number of hydrogen-bond donors (Lipinski definition) is 1. The van der Waals surface area contributed by atoms with Crippen LogP contribution in [0.4, 0.5) is 0 Å². The molecule has 0 bridgehead atoms. The van der Waals surface area contributed by atoms with Gasteiger partial charge in [0.1, 0.15) is 24.1 Å². The fourth-order valence-corrected chi connectivity index (χ4v) is 4.35. The van der Waals surface area contributed by atoms with Gasteiger partial charge >= 0.3 is 0 Å². The van der Waals surface area contributed by atoms with E-state index in [0.29, 0.717) is 10.6 Å². The Labute approximate surface area is 138 Å². The van der Waals surface area contributed by atoms with E-state index >= 15 is 0 Å². The average Bonchev–Trinajstić information content (AvgIpc) is 2.87. The molecule has 1 N–H and O–H groups in total. The maximum absolute atomic E-state index is 12.8. The van der Waals surface area contributed by atoms with Crippen LogP contribution >= 0.6 is 0 Å². The van der Waals surface area contributed by atoms with Crippen molar-refractivity contribution in [2.24, 2.45) is 0 Å². The van der Waals surface area contributed by atoms with Gasteiger partial charge in [0.2, 0.25) is 0 Å². The zero-order valence-electron chi connectivity index (χ0n) is 13.6. The highest BCUT2D eigenvalue weighted by atomic mass is 32.2. The van der Waals surface area contributed by atoms with E-state index < -0.39 is 34.2 Å². The molecule has 2 aliphatic heterocycles. The van der Waals surface area contributed by atoms with Gasteiger partial charge in [0.15, 0.2) is 11.2 Å². The van der Waals surface area contributed by atoms with Crippen LogP contribution in [-0.2, 0) is 25.0 Å². The van der Waals surface area contributed by atoms with Crippen LogP contribution in [0.1, 0.15) is 20.8 Å². The number of methoxy groups -OCH3 is 1. The average molecular weight is 342 g/mol. The minimum absolute atomic E-state index is 0.322. The Morgan fingerprint density at radius 1 is 1.17 bits per heavy atom. The Hall–Kier alpha value is -0.990. The van der Waals surface area contributed by atoms with Crippen molar-refractivity contribution in [3.05, 3.63) is 24.3 Å². The van der Waals surface area contributed by atoms with Gasteiger partial charge in [-0.2, -0.15) is 0 Å². The minimum atomic E-state index is -1.53. The van der Waals surface area contributed by atoms with Crippen LogP contribution < -0.4 is 4.74 Å². The molecule has 2 fully saturated rings. The van der Waals surface area contributed by atoms with Crippen molar-refractivity contribution in [1.29, 1.82) is 0 Å². The molecule has 2 aliphatic rings. The summed E-state index contributed by atoms with van der Waals surface area (Å²) in [6.45, 7) is 5.42. The number of aliphatic hydroxyl groups is 1. The van der Waals surface area contributed by atoms with Crippen molar-refractivity contribution in [1.82, 2.24) is 0 Å². The third-order valence-corrected chi connectivity index (χ3v) is 5.64. The summed E-state index contributed by atoms with van der Waals surface area (Å²) < 4.78 is 35.2. The van der Waals surface area contributed by atoms with E-state index in [9.17, 15) is 9.32 Å². The fourth-order valence-electron chi connectivity index (χ4n) is 2.99. The van der Waals surface area contributed by atoms with Gasteiger partial charge in [-0.1, -0.05) is 0 Å². The van der Waals surface area contributed by atoms with E-state index in [4.69, 9.17) is 18.9 Å². The van der Waals surface area contributed by atoms with E-state index in [2.05, 4.69) is 0 Å². The molecule has 128 valence electrons. The van der Waals surface area contributed by atoms with Crippen LogP contribution in [0.2, 0.25) is 0 Å². The van der Waals surface area contributed by atoms with Crippen LogP contribution in [0.25, 0.3) is 0 Å². The highest BCUT2D eigenvalue weighted by Gasteiger charge is 2.54. The van der Waals surface area contributed by atoms with Crippen LogP contribution in [-0.4, -0.2) is 52.1 Å². The summed E-state index contributed by atoms with van der Waals surface area (Å²) in [4.78, 5) is 0.568. The summed E-state index contributed by atoms with van der Waals surface area (Å²) in [5, 5.41) is 10.6. The summed E-state index contributed by atoms with van der Waals surface area (Å²) in [5.41, 5.74) is -0.864. The quantitative estimate of drug-likeness (QED) is 0.896. The summed E-state index contributed by atoms with van der Waals surface area (Å²) in [5.74, 6) is -0.108. The lowest BCUT2D eigenvalue weighted by Crippen LogP contribution is -2.56. The lowest BCUT2D eigenvalue weighted by molar-refractivity contribution is -0.153. The molecule has 1 aromatic carbocycles. The molecule has 23 heavy (non-hydrogen) atoms. The van der Waals surface area contributed by atoms with Crippen molar-refractivity contribution in [2.75, 3.05) is 7.11 Å². The van der Waals surface area contributed by atoms with E-state index in [1.54, 1.807) is 45.2 Å². The molecule has 0 radical (unpaired) electrons. The molecule has 0 spiro atoms. The second kappa shape index (κ2) is 6.14. The van der Waals surface area contributed by atoms with Crippen molar-refractivity contribution in [2.45, 2.75) is 61.3 Å². The molecule has 0 saturated carbocycles. The van der Waals surface area contributed by atoms with Crippen LogP contribution in [0.3, 0.4) is 0 Å². The van der Waals surface area contributed by atoms with Crippen LogP contribution in [0.15, 0.2) is 29.2 Å². The maximum atomic E-state index is 12.8. The highest BCUT2D eigenvalue weighted by Crippen LogP contribution is 2.38. The van der Waals surface area contributed by atoms with Crippen LogP contribution in [0, 0.1) is 0 Å². The molecule has 0 amide bonds. The van der Waals surface area contributed by atoms with Gasteiger partial charge in [-0.05, 0) is 45.0 Å². The predicted molar refractivity (Wildman–Crippen MR) is 83.6 cm³/mol. The van der Waals surface area contributed by atoms with Gasteiger partial charge in [0.25, 0.3) is 0 Å². The highest BCUT2D eigenvalue weighted by molar-refractivity contribution is 7.85. The zero-order valence-corrected chi connectivity index (χ0v) is 14.4. The number of rotatable bonds is 3. The molecular weight excluding hydrogens is 320 g/mol. The Morgan fingerprint density at radius 3 is 2.39 bits per heavy atom. The molecule has 3 rings (SSSR count). The molecule has 2 saturated heterocycles. The lowest BCUT2D eigenvalue weighted by atomic mass is 10.0. The van der Waals surface area contributed by atoms with Crippen molar-refractivity contribution in [3.63, 3.8) is 0 Å². The summed E-state index contributed by atoms with van der Waals surface area (Å²) >= 11 is 0. The normalized spacial score (nSPS) is 37.2. The lowest BCUT2D eigenvalue weighted by Gasteiger charge is -2.38. The first-order valence-electron chi connectivity index (χ1n) is 7.56. The van der Waals surface area contributed by atoms with E-state index in [1.807, 2.05) is 6.92 Å². The number of ether oxygens (including phenoxy) is 4. The molecule has 1 unspecified atom stereocenters. The second-order valence-electron chi connectivity index (χ2n) is 6.24. The molecule has 6 atom stereocenters. The van der Waals surface area contributed by atoms with Gasteiger partial charge in [-0.25, -0.2) is 0 Å². The monoisotopic (exact) mass is 342 g/mol. The molecular formula is C16H22O6S. The molecule has 0 aliphatic carbocycles. The first-order chi connectivity index (χ1) is 10.8. The molecule has 2 heterocycles. The van der Waals surface area contributed by atoms with Gasteiger partial charge in [0.05, 0.1) is 24.0 Å². The van der Waals surface area contributed by atoms with Crippen LogP contribution in [0.5, 0.6) is 5.75 Å². The van der Waals surface area contributed by atoms with Gasteiger partial charge < -0.3 is 24.1 Å². The molecule has 6 nitrogen and oxygen atoms in total. The maximum Gasteiger partial charge on any atom is 0.165 e.